The largest absolute Gasteiger partial charge is 0.355 e. The molecule has 2 aromatic heterocycles. The predicted molar refractivity (Wildman–Crippen MR) is 92.2 cm³/mol. The molecule has 0 fully saturated rings. The molecule has 5 heteroatoms. The van der Waals surface area contributed by atoms with Crippen molar-refractivity contribution < 1.29 is 4.79 Å². The molecule has 0 saturated carbocycles. The molecule has 3 aromatic rings. The first-order chi connectivity index (χ1) is 11.3. The Kier molecular flexibility index (Phi) is 5.11. The van der Waals surface area contributed by atoms with Crippen molar-refractivity contribution in [3.05, 3.63) is 71.5 Å². The lowest BCUT2D eigenvalue weighted by molar-refractivity contribution is -0.120. The van der Waals surface area contributed by atoms with Crippen LogP contribution >= 0.6 is 11.3 Å². The quantitative estimate of drug-likeness (QED) is 0.758. The van der Waals surface area contributed by atoms with Gasteiger partial charge in [0.1, 0.15) is 5.01 Å². The minimum absolute atomic E-state index is 0.00848. The molecule has 1 N–H and O–H groups in total. The number of hydrogen-bond acceptors (Lipinski definition) is 4. The van der Waals surface area contributed by atoms with Gasteiger partial charge in [0, 0.05) is 35.8 Å². The molecule has 1 amide bonds. The van der Waals surface area contributed by atoms with Gasteiger partial charge in [0.2, 0.25) is 5.91 Å². The molecule has 0 unspecified atom stereocenters. The molecule has 0 saturated heterocycles. The molecule has 0 spiro atoms. The summed E-state index contributed by atoms with van der Waals surface area (Å²) in [5.74, 6) is -0.00848. The second-order valence-electron chi connectivity index (χ2n) is 5.11. The Hall–Kier alpha value is -2.53. The van der Waals surface area contributed by atoms with Crippen LogP contribution in [-0.2, 0) is 17.6 Å². The highest BCUT2D eigenvalue weighted by Gasteiger charge is 2.08. The molecule has 0 atom stereocenters. The fraction of sp³-hybridized carbons (Fsp3) is 0.167. The summed E-state index contributed by atoms with van der Waals surface area (Å²) < 4.78 is 0. The number of pyridine rings is 1. The highest BCUT2D eigenvalue weighted by atomic mass is 32.1. The molecule has 1 aromatic carbocycles. The first kappa shape index (κ1) is 15.4. The Morgan fingerprint density at radius 2 is 1.87 bits per heavy atom. The first-order valence-corrected chi connectivity index (χ1v) is 8.35. The van der Waals surface area contributed by atoms with Crippen LogP contribution in [0.4, 0.5) is 0 Å². The standard InChI is InChI=1S/C18H17N3OS/c22-17(20-11-9-15-8-4-5-10-19-15)12-16-13-23-18(21-16)14-6-2-1-3-7-14/h1-8,10,13H,9,11-12H2,(H,20,22). The Balaban J connectivity index is 1.49. The zero-order valence-electron chi connectivity index (χ0n) is 12.6. The molecular weight excluding hydrogens is 306 g/mol. The molecule has 0 aliphatic carbocycles. The molecule has 0 radical (unpaired) electrons. The number of benzene rings is 1. The van der Waals surface area contributed by atoms with Crippen LogP contribution in [0.2, 0.25) is 0 Å². The normalized spacial score (nSPS) is 10.4. The third kappa shape index (κ3) is 4.47. The van der Waals surface area contributed by atoms with Crippen molar-refractivity contribution in [2.45, 2.75) is 12.8 Å². The predicted octanol–water partition coefficient (Wildman–Crippen LogP) is 3.11. The van der Waals surface area contributed by atoms with Crippen LogP contribution in [0.3, 0.4) is 0 Å². The van der Waals surface area contributed by atoms with Crippen molar-refractivity contribution >= 4 is 17.2 Å². The summed E-state index contributed by atoms with van der Waals surface area (Å²) >= 11 is 1.56. The minimum Gasteiger partial charge on any atom is -0.355 e. The van der Waals surface area contributed by atoms with Crippen molar-refractivity contribution in [3.63, 3.8) is 0 Å². The van der Waals surface area contributed by atoms with Crippen molar-refractivity contribution in [1.82, 2.24) is 15.3 Å². The molecule has 3 rings (SSSR count). The van der Waals surface area contributed by atoms with Crippen molar-refractivity contribution in [3.8, 4) is 10.6 Å². The maximum atomic E-state index is 12.0. The van der Waals surface area contributed by atoms with Crippen LogP contribution in [0.15, 0.2) is 60.1 Å². The Bertz CT molecular complexity index is 756. The molecule has 2 heterocycles. The van der Waals surface area contributed by atoms with E-state index in [-0.39, 0.29) is 5.91 Å². The fourth-order valence-corrected chi connectivity index (χ4v) is 3.03. The van der Waals surface area contributed by atoms with Gasteiger partial charge in [-0.05, 0) is 12.1 Å². The number of nitrogens with one attached hydrogen (secondary N) is 1. The number of carbonyl (C=O) groups is 1. The van der Waals surface area contributed by atoms with Crippen LogP contribution in [0, 0.1) is 0 Å². The Morgan fingerprint density at radius 3 is 2.65 bits per heavy atom. The van der Waals surface area contributed by atoms with Gasteiger partial charge in [-0.15, -0.1) is 11.3 Å². The van der Waals surface area contributed by atoms with E-state index in [1.165, 1.54) is 0 Å². The van der Waals surface area contributed by atoms with Gasteiger partial charge in [-0.3, -0.25) is 9.78 Å². The number of rotatable bonds is 6. The van der Waals surface area contributed by atoms with Gasteiger partial charge in [0.15, 0.2) is 0 Å². The van der Waals surface area contributed by atoms with E-state index >= 15 is 0 Å². The average molecular weight is 323 g/mol. The van der Waals surface area contributed by atoms with Crippen LogP contribution in [0.1, 0.15) is 11.4 Å². The Morgan fingerprint density at radius 1 is 1.04 bits per heavy atom. The summed E-state index contributed by atoms with van der Waals surface area (Å²) in [5, 5.41) is 5.81. The monoisotopic (exact) mass is 323 g/mol. The summed E-state index contributed by atoms with van der Waals surface area (Å²) in [4.78, 5) is 20.7. The third-order valence-corrected chi connectivity index (χ3v) is 4.28. The Labute approximate surface area is 139 Å². The van der Waals surface area contributed by atoms with Gasteiger partial charge in [-0.1, -0.05) is 36.4 Å². The fourth-order valence-electron chi connectivity index (χ4n) is 2.20. The number of amides is 1. The number of carbonyl (C=O) groups excluding carboxylic acids is 1. The van der Waals surface area contributed by atoms with Gasteiger partial charge in [0.25, 0.3) is 0 Å². The van der Waals surface area contributed by atoms with Crippen molar-refractivity contribution in [1.29, 1.82) is 0 Å². The maximum Gasteiger partial charge on any atom is 0.226 e. The van der Waals surface area contributed by atoms with E-state index in [9.17, 15) is 4.79 Å². The number of aromatic nitrogens is 2. The molecule has 116 valence electrons. The second-order valence-corrected chi connectivity index (χ2v) is 5.97. The topological polar surface area (TPSA) is 54.9 Å². The van der Waals surface area contributed by atoms with Gasteiger partial charge in [0.05, 0.1) is 12.1 Å². The zero-order chi connectivity index (χ0) is 15.9. The van der Waals surface area contributed by atoms with E-state index in [2.05, 4.69) is 15.3 Å². The third-order valence-electron chi connectivity index (χ3n) is 3.34. The summed E-state index contributed by atoms with van der Waals surface area (Å²) in [6.07, 6.45) is 2.81. The van der Waals surface area contributed by atoms with Gasteiger partial charge >= 0.3 is 0 Å². The van der Waals surface area contributed by atoms with Crippen molar-refractivity contribution in [2.24, 2.45) is 0 Å². The van der Waals surface area contributed by atoms with Crippen LogP contribution in [0.25, 0.3) is 10.6 Å². The lowest BCUT2D eigenvalue weighted by atomic mass is 10.2. The minimum atomic E-state index is -0.00848. The summed E-state index contributed by atoms with van der Waals surface area (Å²) in [5.41, 5.74) is 2.87. The number of thiazole rings is 1. The maximum absolute atomic E-state index is 12.0. The highest BCUT2D eigenvalue weighted by Crippen LogP contribution is 2.23. The van der Waals surface area contributed by atoms with Gasteiger partial charge in [-0.25, -0.2) is 4.98 Å². The molecule has 0 bridgehead atoms. The summed E-state index contributed by atoms with van der Waals surface area (Å²) in [6, 6.07) is 15.8. The summed E-state index contributed by atoms with van der Waals surface area (Å²) in [7, 11) is 0. The van der Waals surface area contributed by atoms with E-state index in [1.54, 1.807) is 17.5 Å². The van der Waals surface area contributed by atoms with Crippen molar-refractivity contribution in [2.75, 3.05) is 6.54 Å². The molecule has 0 aliphatic heterocycles. The van der Waals surface area contributed by atoms with E-state index in [4.69, 9.17) is 0 Å². The number of nitrogens with zero attached hydrogens (tertiary/aromatic N) is 2. The smallest absolute Gasteiger partial charge is 0.226 e. The second kappa shape index (κ2) is 7.65. The molecule has 23 heavy (non-hydrogen) atoms. The van der Waals surface area contributed by atoms with Crippen LogP contribution in [0.5, 0.6) is 0 Å². The van der Waals surface area contributed by atoms with Gasteiger partial charge < -0.3 is 5.32 Å². The van der Waals surface area contributed by atoms with E-state index < -0.39 is 0 Å². The van der Waals surface area contributed by atoms with E-state index in [0.29, 0.717) is 13.0 Å². The van der Waals surface area contributed by atoms with E-state index in [1.807, 2.05) is 53.9 Å². The lowest BCUT2D eigenvalue weighted by Gasteiger charge is -2.03. The van der Waals surface area contributed by atoms with E-state index in [0.717, 1.165) is 28.4 Å². The van der Waals surface area contributed by atoms with Crippen LogP contribution in [-0.4, -0.2) is 22.4 Å². The average Bonchev–Trinajstić information content (AvgIpc) is 3.05. The molecule has 4 nitrogen and oxygen atoms in total. The summed E-state index contributed by atoms with van der Waals surface area (Å²) in [6.45, 7) is 0.589. The van der Waals surface area contributed by atoms with Crippen LogP contribution < -0.4 is 5.32 Å². The molecular formula is C18H17N3OS. The highest BCUT2D eigenvalue weighted by molar-refractivity contribution is 7.13. The SMILES string of the molecule is O=C(Cc1csc(-c2ccccc2)n1)NCCc1ccccn1. The van der Waals surface area contributed by atoms with Gasteiger partial charge in [-0.2, -0.15) is 0 Å². The lowest BCUT2D eigenvalue weighted by Crippen LogP contribution is -2.27. The number of hydrogen-bond donors (Lipinski definition) is 1. The first-order valence-electron chi connectivity index (χ1n) is 7.48. The molecule has 0 aliphatic rings. The zero-order valence-corrected chi connectivity index (χ0v) is 13.4.